The van der Waals surface area contributed by atoms with Gasteiger partial charge in [0, 0.05) is 0 Å². The molecule has 0 bridgehead atoms. The van der Waals surface area contributed by atoms with Crippen LogP contribution in [0.3, 0.4) is 0 Å². The van der Waals surface area contributed by atoms with E-state index in [4.69, 9.17) is 36.0 Å². The monoisotopic (exact) mass is 532 g/mol. The van der Waals surface area contributed by atoms with Crippen LogP contribution in [0.15, 0.2) is 75.0 Å². The Labute approximate surface area is 220 Å². The summed E-state index contributed by atoms with van der Waals surface area (Å²) in [6.45, 7) is -0.368. The number of hydrogen-bond donors (Lipinski definition) is 1. The SMILES string of the molecule is COc1cc(C=Nn2c(-c3cc4c(OC)cccc4o3)nc3ccccc3c2=O)cc(Cl)c1OCC(N)=O. The Morgan fingerprint density at radius 1 is 1.08 bits per heavy atom. The predicted molar refractivity (Wildman–Crippen MR) is 143 cm³/mol. The van der Waals surface area contributed by atoms with E-state index in [0.717, 1.165) is 10.1 Å². The third-order valence-corrected chi connectivity index (χ3v) is 5.93. The Balaban J connectivity index is 1.64. The minimum absolute atomic E-state index is 0.159. The van der Waals surface area contributed by atoms with Crippen LogP contribution < -0.4 is 25.5 Å². The van der Waals surface area contributed by atoms with E-state index in [-0.39, 0.29) is 29.0 Å². The first-order valence-corrected chi connectivity index (χ1v) is 11.7. The van der Waals surface area contributed by atoms with E-state index in [2.05, 4.69) is 10.1 Å². The molecule has 38 heavy (non-hydrogen) atoms. The summed E-state index contributed by atoms with van der Waals surface area (Å²) in [7, 11) is 3.00. The molecule has 1 amide bonds. The molecule has 2 aromatic heterocycles. The highest BCUT2D eigenvalue weighted by Gasteiger charge is 2.18. The summed E-state index contributed by atoms with van der Waals surface area (Å²) >= 11 is 6.36. The second-order valence-corrected chi connectivity index (χ2v) is 8.49. The molecule has 192 valence electrons. The number of amides is 1. The molecule has 10 nitrogen and oxygen atoms in total. The maximum atomic E-state index is 13.5. The lowest BCUT2D eigenvalue weighted by Gasteiger charge is -2.12. The number of methoxy groups -OCH3 is 2. The van der Waals surface area contributed by atoms with Crippen LogP contribution in [0.4, 0.5) is 0 Å². The Morgan fingerprint density at radius 3 is 2.63 bits per heavy atom. The summed E-state index contributed by atoms with van der Waals surface area (Å²) in [5.41, 5.74) is 6.32. The molecule has 2 heterocycles. The van der Waals surface area contributed by atoms with Crippen molar-refractivity contribution in [1.29, 1.82) is 0 Å². The van der Waals surface area contributed by atoms with E-state index >= 15 is 0 Å². The Hall–Kier alpha value is -4.83. The van der Waals surface area contributed by atoms with E-state index in [1.54, 1.807) is 61.7 Å². The van der Waals surface area contributed by atoms with Gasteiger partial charge in [0.1, 0.15) is 11.3 Å². The topological polar surface area (TPSA) is 131 Å². The summed E-state index contributed by atoms with van der Waals surface area (Å²) in [6, 6.07) is 17.3. The summed E-state index contributed by atoms with van der Waals surface area (Å²) < 4.78 is 23.4. The molecule has 0 atom stereocenters. The average Bonchev–Trinajstić information content (AvgIpc) is 3.36. The van der Waals surface area contributed by atoms with Crippen LogP contribution in [-0.4, -0.2) is 42.6 Å². The maximum absolute atomic E-state index is 13.5. The zero-order chi connectivity index (χ0) is 26.8. The number of halogens is 1. The zero-order valence-corrected chi connectivity index (χ0v) is 21.1. The molecule has 0 aliphatic heterocycles. The van der Waals surface area contributed by atoms with Gasteiger partial charge in [-0.05, 0) is 48.0 Å². The number of fused-ring (bicyclic) bond motifs is 2. The Morgan fingerprint density at radius 2 is 1.87 bits per heavy atom. The highest BCUT2D eigenvalue weighted by Crippen LogP contribution is 2.36. The molecule has 0 fully saturated rings. The molecule has 5 aromatic rings. The van der Waals surface area contributed by atoms with Crippen LogP contribution in [-0.2, 0) is 4.79 Å². The smallest absolute Gasteiger partial charge is 0.282 e. The molecule has 3 aromatic carbocycles. The third kappa shape index (κ3) is 4.64. The summed E-state index contributed by atoms with van der Waals surface area (Å²) in [5, 5.41) is 5.71. The normalized spacial score (nSPS) is 11.3. The largest absolute Gasteiger partial charge is 0.496 e. The summed E-state index contributed by atoms with van der Waals surface area (Å²) in [6.07, 6.45) is 1.43. The molecule has 0 saturated carbocycles. The van der Waals surface area contributed by atoms with Crippen molar-refractivity contribution in [3.8, 4) is 28.8 Å². The highest BCUT2D eigenvalue weighted by atomic mass is 35.5. The van der Waals surface area contributed by atoms with Gasteiger partial charge in [-0.1, -0.05) is 29.8 Å². The number of furan rings is 1. The van der Waals surface area contributed by atoms with Crippen molar-refractivity contribution in [2.45, 2.75) is 0 Å². The minimum Gasteiger partial charge on any atom is -0.496 e. The van der Waals surface area contributed by atoms with E-state index in [0.29, 0.717) is 33.6 Å². The van der Waals surface area contributed by atoms with E-state index in [9.17, 15) is 9.59 Å². The predicted octanol–water partition coefficient (Wildman–Crippen LogP) is 4.23. The molecular formula is C27H21ClN4O6. The van der Waals surface area contributed by atoms with Gasteiger partial charge < -0.3 is 24.4 Å². The van der Waals surface area contributed by atoms with Gasteiger partial charge in [-0.15, -0.1) is 0 Å². The zero-order valence-electron chi connectivity index (χ0n) is 20.3. The van der Waals surface area contributed by atoms with Gasteiger partial charge in [-0.3, -0.25) is 9.59 Å². The van der Waals surface area contributed by atoms with Crippen LogP contribution in [0.5, 0.6) is 17.2 Å². The second kappa shape index (κ2) is 10.3. The number of ether oxygens (including phenoxy) is 3. The fourth-order valence-electron chi connectivity index (χ4n) is 3.93. The van der Waals surface area contributed by atoms with Gasteiger partial charge in [0.25, 0.3) is 11.5 Å². The molecule has 0 spiro atoms. The van der Waals surface area contributed by atoms with Gasteiger partial charge in [-0.2, -0.15) is 9.78 Å². The number of nitrogens with zero attached hydrogens (tertiary/aromatic N) is 3. The fraction of sp³-hybridized carbons (Fsp3) is 0.111. The van der Waals surface area contributed by atoms with Crippen molar-refractivity contribution in [1.82, 2.24) is 9.66 Å². The van der Waals surface area contributed by atoms with Gasteiger partial charge >= 0.3 is 0 Å². The van der Waals surface area contributed by atoms with Gasteiger partial charge in [0.2, 0.25) is 5.82 Å². The number of nitrogens with two attached hydrogens (primary N) is 1. The lowest BCUT2D eigenvalue weighted by Crippen LogP contribution is -2.20. The molecule has 11 heteroatoms. The van der Waals surface area contributed by atoms with Gasteiger partial charge in [-0.25, -0.2) is 4.98 Å². The number of carbonyl (C=O) groups excluding carboxylic acids is 1. The number of para-hydroxylation sites is 1. The number of aromatic nitrogens is 2. The van der Waals surface area contributed by atoms with E-state index in [1.165, 1.54) is 13.3 Å². The lowest BCUT2D eigenvalue weighted by atomic mass is 10.2. The van der Waals surface area contributed by atoms with Crippen molar-refractivity contribution in [2.75, 3.05) is 20.8 Å². The van der Waals surface area contributed by atoms with Crippen LogP contribution in [0, 0.1) is 0 Å². The molecule has 0 aliphatic rings. The number of rotatable bonds is 8. The third-order valence-electron chi connectivity index (χ3n) is 5.65. The molecular weight excluding hydrogens is 512 g/mol. The molecule has 5 rings (SSSR count). The quantitative estimate of drug-likeness (QED) is 0.296. The Kier molecular flexibility index (Phi) is 6.71. The van der Waals surface area contributed by atoms with E-state index in [1.807, 2.05) is 6.07 Å². The van der Waals surface area contributed by atoms with Crippen molar-refractivity contribution >= 4 is 45.6 Å². The molecule has 0 unspecified atom stereocenters. The van der Waals surface area contributed by atoms with Crippen molar-refractivity contribution < 1.29 is 23.4 Å². The van der Waals surface area contributed by atoms with Gasteiger partial charge in [0.05, 0.1) is 41.7 Å². The second-order valence-electron chi connectivity index (χ2n) is 8.09. The van der Waals surface area contributed by atoms with Crippen molar-refractivity contribution in [3.05, 3.63) is 81.6 Å². The molecule has 0 aliphatic carbocycles. The lowest BCUT2D eigenvalue weighted by molar-refractivity contribution is -0.119. The average molecular weight is 533 g/mol. The van der Waals surface area contributed by atoms with Crippen molar-refractivity contribution in [3.63, 3.8) is 0 Å². The highest BCUT2D eigenvalue weighted by molar-refractivity contribution is 6.32. The van der Waals surface area contributed by atoms with Crippen LogP contribution in [0.25, 0.3) is 33.5 Å². The minimum atomic E-state index is -0.660. The van der Waals surface area contributed by atoms with Crippen LogP contribution in [0.2, 0.25) is 5.02 Å². The number of hydrogen-bond acceptors (Lipinski definition) is 8. The molecule has 0 saturated heterocycles. The molecule has 0 radical (unpaired) electrons. The Bertz CT molecular complexity index is 1780. The summed E-state index contributed by atoms with van der Waals surface area (Å²) in [4.78, 5) is 29.3. The van der Waals surface area contributed by atoms with Crippen LogP contribution >= 0.6 is 11.6 Å². The van der Waals surface area contributed by atoms with E-state index < -0.39 is 11.5 Å². The first kappa shape index (κ1) is 24.8. The van der Waals surface area contributed by atoms with Crippen LogP contribution in [0.1, 0.15) is 5.56 Å². The fourth-order valence-corrected chi connectivity index (χ4v) is 4.21. The standard InChI is InChI=1S/C27H21ClN4O6/c1-35-20-8-5-9-21-17(20)12-23(38-21)26-31-19-7-4-3-6-16(19)27(34)32(26)30-13-15-10-18(28)25(22(11-15)36-2)37-14-24(29)33/h3-13H,14H2,1-2H3,(H2,29,33). The summed E-state index contributed by atoms with van der Waals surface area (Å²) in [5.74, 6) is 0.905. The van der Waals surface area contributed by atoms with Crippen molar-refractivity contribution in [2.24, 2.45) is 10.8 Å². The molecule has 2 N–H and O–H groups in total. The number of primary amides is 1. The maximum Gasteiger partial charge on any atom is 0.282 e. The first-order valence-electron chi connectivity index (χ1n) is 11.3. The number of carbonyl (C=O) groups is 1. The first-order chi connectivity index (χ1) is 18.4. The van der Waals surface area contributed by atoms with Gasteiger partial charge in [0.15, 0.2) is 23.9 Å². The number of benzene rings is 3.